The van der Waals surface area contributed by atoms with Gasteiger partial charge in [-0.05, 0) is 18.8 Å². The lowest BCUT2D eigenvalue weighted by Gasteiger charge is -2.24. The molecule has 4 nitrogen and oxygen atoms in total. The van der Waals surface area contributed by atoms with Crippen molar-refractivity contribution >= 4 is 6.01 Å². The van der Waals surface area contributed by atoms with E-state index in [1.54, 1.807) is 0 Å². The van der Waals surface area contributed by atoms with E-state index < -0.39 is 12.3 Å². The van der Waals surface area contributed by atoms with Crippen LogP contribution in [-0.4, -0.2) is 16.7 Å². The monoisotopic (exact) mass is 203 g/mol. The van der Waals surface area contributed by atoms with Crippen molar-refractivity contribution in [2.24, 2.45) is 5.92 Å². The second kappa shape index (κ2) is 3.89. The van der Waals surface area contributed by atoms with Gasteiger partial charge < -0.3 is 9.73 Å². The number of aromatic nitrogens is 2. The zero-order valence-electron chi connectivity index (χ0n) is 7.54. The molecule has 0 saturated heterocycles. The predicted molar refractivity (Wildman–Crippen MR) is 45.1 cm³/mol. The Hall–Kier alpha value is -1.20. The number of hydrogen-bond donors (Lipinski definition) is 1. The highest BCUT2D eigenvalue weighted by Crippen LogP contribution is 2.26. The van der Waals surface area contributed by atoms with Crippen LogP contribution in [0.25, 0.3) is 0 Å². The highest BCUT2D eigenvalue weighted by atomic mass is 19.3. The molecule has 1 fully saturated rings. The van der Waals surface area contributed by atoms with Crippen molar-refractivity contribution < 1.29 is 13.2 Å². The van der Waals surface area contributed by atoms with Gasteiger partial charge in [0.2, 0.25) is 0 Å². The van der Waals surface area contributed by atoms with E-state index in [-0.39, 0.29) is 6.01 Å². The van der Waals surface area contributed by atoms with Gasteiger partial charge >= 0.3 is 12.4 Å². The highest BCUT2D eigenvalue weighted by molar-refractivity contribution is 5.17. The fourth-order valence-electron chi connectivity index (χ4n) is 1.32. The first kappa shape index (κ1) is 9.36. The van der Waals surface area contributed by atoms with E-state index in [2.05, 4.69) is 19.9 Å². The second-order valence-corrected chi connectivity index (χ2v) is 3.42. The molecular weight excluding hydrogens is 192 g/mol. The highest BCUT2D eigenvalue weighted by Gasteiger charge is 2.19. The Morgan fingerprint density at radius 2 is 2.21 bits per heavy atom. The Labute approximate surface area is 79.7 Å². The summed E-state index contributed by atoms with van der Waals surface area (Å²) in [6, 6.07) is 0.0900. The molecule has 14 heavy (non-hydrogen) atoms. The Kier molecular flexibility index (Phi) is 2.60. The van der Waals surface area contributed by atoms with Crippen LogP contribution in [0.15, 0.2) is 4.42 Å². The second-order valence-electron chi connectivity index (χ2n) is 3.42. The molecule has 1 N–H and O–H groups in total. The molecule has 1 saturated carbocycles. The number of nitrogens with one attached hydrogen (secondary N) is 1. The van der Waals surface area contributed by atoms with E-state index in [1.165, 1.54) is 19.3 Å². The van der Waals surface area contributed by atoms with Gasteiger partial charge in [0, 0.05) is 6.54 Å². The molecule has 1 aromatic heterocycles. The standard InChI is InChI=1S/C8H11F2N3O/c9-6(10)7-12-13-8(14-7)11-4-5-2-1-3-5/h5-6H,1-4H2,(H,11,13). The third-order valence-electron chi connectivity index (χ3n) is 2.39. The van der Waals surface area contributed by atoms with E-state index in [0.717, 1.165) is 6.54 Å². The smallest absolute Gasteiger partial charge is 0.315 e. The molecule has 6 heteroatoms. The van der Waals surface area contributed by atoms with Gasteiger partial charge in [-0.3, -0.25) is 0 Å². The van der Waals surface area contributed by atoms with E-state index in [0.29, 0.717) is 5.92 Å². The van der Waals surface area contributed by atoms with E-state index in [9.17, 15) is 8.78 Å². The van der Waals surface area contributed by atoms with Crippen LogP contribution in [0.3, 0.4) is 0 Å². The summed E-state index contributed by atoms with van der Waals surface area (Å²) in [5.74, 6) is -0.00184. The Bertz CT molecular complexity index is 299. The summed E-state index contributed by atoms with van der Waals surface area (Å²) >= 11 is 0. The number of rotatable bonds is 4. The largest absolute Gasteiger partial charge is 0.402 e. The molecule has 0 unspecified atom stereocenters. The molecule has 2 rings (SSSR count). The van der Waals surface area contributed by atoms with E-state index in [4.69, 9.17) is 0 Å². The van der Waals surface area contributed by atoms with Crippen LogP contribution in [0.5, 0.6) is 0 Å². The van der Waals surface area contributed by atoms with Gasteiger partial charge in [-0.2, -0.15) is 8.78 Å². The SMILES string of the molecule is FC(F)c1nnc(NCC2CCC2)o1. The van der Waals surface area contributed by atoms with E-state index >= 15 is 0 Å². The first-order chi connectivity index (χ1) is 6.75. The number of alkyl halides is 2. The van der Waals surface area contributed by atoms with Crippen LogP contribution in [-0.2, 0) is 0 Å². The Morgan fingerprint density at radius 3 is 2.71 bits per heavy atom. The molecule has 0 radical (unpaired) electrons. The number of anilines is 1. The van der Waals surface area contributed by atoms with Crippen LogP contribution in [0, 0.1) is 5.92 Å². The Morgan fingerprint density at radius 1 is 1.43 bits per heavy atom. The van der Waals surface area contributed by atoms with Crippen molar-refractivity contribution in [2.75, 3.05) is 11.9 Å². The molecule has 1 heterocycles. The van der Waals surface area contributed by atoms with Crippen molar-refractivity contribution in [1.29, 1.82) is 0 Å². The molecule has 0 aromatic carbocycles. The summed E-state index contributed by atoms with van der Waals surface area (Å²) in [6.45, 7) is 0.727. The topological polar surface area (TPSA) is 51.0 Å². The normalized spacial score (nSPS) is 17.1. The van der Waals surface area contributed by atoms with Crippen molar-refractivity contribution in [1.82, 2.24) is 10.2 Å². The molecule has 0 amide bonds. The first-order valence-corrected chi connectivity index (χ1v) is 4.61. The average Bonchev–Trinajstić information content (AvgIpc) is 2.50. The molecule has 0 spiro atoms. The van der Waals surface area contributed by atoms with Crippen LogP contribution < -0.4 is 5.32 Å². The predicted octanol–water partition coefficient (Wildman–Crippen LogP) is 2.22. The summed E-state index contributed by atoms with van der Waals surface area (Å²) in [5.41, 5.74) is 0. The molecule has 1 aliphatic carbocycles. The van der Waals surface area contributed by atoms with Gasteiger partial charge in [-0.25, -0.2) is 0 Å². The number of nitrogens with zero attached hydrogens (tertiary/aromatic N) is 2. The van der Waals surface area contributed by atoms with Gasteiger partial charge in [0.15, 0.2) is 0 Å². The number of hydrogen-bond acceptors (Lipinski definition) is 4. The summed E-state index contributed by atoms with van der Waals surface area (Å²) < 4.78 is 28.7. The van der Waals surface area contributed by atoms with Crippen LogP contribution >= 0.6 is 0 Å². The lowest BCUT2D eigenvalue weighted by molar-refractivity contribution is 0.116. The lowest BCUT2D eigenvalue weighted by Crippen LogP contribution is -2.20. The summed E-state index contributed by atoms with van der Waals surface area (Å²) in [7, 11) is 0. The molecule has 1 aliphatic rings. The van der Waals surface area contributed by atoms with E-state index in [1.807, 2.05) is 0 Å². The van der Waals surface area contributed by atoms with Crippen LogP contribution in [0.2, 0.25) is 0 Å². The third-order valence-corrected chi connectivity index (χ3v) is 2.39. The van der Waals surface area contributed by atoms with Crippen LogP contribution in [0.4, 0.5) is 14.8 Å². The lowest BCUT2D eigenvalue weighted by atomic mass is 9.85. The minimum Gasteiger partial charge on any atom is -0.402 e. The molecule has 0 atom stereocenters. The first-order valence-electron chi connectivity index (χ1n) is 4.61. The maximum atomic E-state index is 12.0. The van der Waals surface area contributed by atoms with Crippen LogP contribution in [0.1, 0.15) is 31.6 Å². The van der Waals surface area contributed by atoms with Gasteiger partial charge in [-0.1, -0.05) is 11.5 Å². The average molecular weight is 203 g/mol. The quantitative estimate of drug-likeness (QED) is 0.815. The van der Waals surface area contributed by atoms with Crippen molar-refractivity contribution in [3.8, 4) is 0 Å². The van der Waals surface area contributed by atoms with Gasteiger partial charge in [0.25, 0.3) is 5.89 Å². The number of halogens is 2. The summed E-state index contributed by atoms with van der Waals surface area (Å²) in [6.07, 6.45) is 0.922. The summed E-state index contributed by atoms with van der Waals surface area (Å²) in [4.78, 5) is 0. The molecule has 0 bridgehead atoms. The van der Waals surface area contributed by atoms with Crippen molar-refractivity contribution in [3.63, 3.8) is 0 Å². The van der Waals surface area contributed by atoms with Gasteiger partial charge in [0.1, 0.15) is 0 Å². The zero-order chi connectivity index (χ0) is 9.97. The molecule has 78 valence electrons. The zero-order valence-corrected chi connectivity index (χ0v) is 7.54. The minimum atomic E-state index is -2.69. The van der Waals surface area contributed by atoms with Gasteiger partial charge in [-0.15, -0.1) is 5.10 Å². The fourth-order valence-corrected chi connectivity index (χ4v) is 1.32. The van der Waals surface area contributed by atoms with Crippen molar-refractivity contribution in [3.05, 3.63) is 5.89 Å². The summed E-state index contributed by atoms with van der Waals surface area (Å²) in [5, 5.41) is 9.52. The molecule has 0 aliphatic heterocycles. The Balaban J connectivity index is 1.83. The maximum Gasteiger partial charge on any atom is 0.315 e. The minimum absolute atomic E-state index is 0.0900. The third kappa shape index (κ3) is 2.00. The fraction of sp³-hybridized carbons (Fsp3) is 0.750. The molecular formula is C8H11F2N3O. The van der Waals surface area contributed by atoms with Gasteiger partial charge in [0.05, 0.1) is 0 Å². The maximum absolute atomic E-state index is 12.0. The molecule has 1 aromatic rings. The van der Waals surface area contributed by atoms with Crippen molar-refractivity contribution in [2.45, 2.75) is 25.7 Å².